The van der Waals surface area contributed by atoms with Crippen LogP contribution < -0.4 is 10.6 Å². The van der Waals surface area contributed by atoms with Crippen LogP contribution in [0.5, 0.6) is 0 Å². The van der Waals surface area contributed by atoms with Gasteiger partial charge in [0.05, 0.1) is 0 Å². The second-order valence-corrected chi connectivity index (χ2v) is 3.72. The number of fused-ring (bicyclic) bond motifs is 2. The van der Waals surface area contributed by atoms with Gasteiger partial charge in [-0.3, -0.25) is 0 Å². The molecule has 3 rings (SSSR count). The molecule has 70 valence electrons. The molecule has 0 bridgehead atoms. The molecule has 2 unspecified atom stereocenters. The lowest BCUT2D eigenvalue weighted by Crippen LogP contribution is -2.24. The van der Waals surface area contributed by atoms with Crippen LogP contribution in [-0.4, -0.2) is 4.98 Å². The van der Waals surface area contributed by atoms with Gasteiger partial charge >= 0.3 is 0 Å². The van der Waals surface area contributed by atoms with Gasteiger partial charge in [-0.2, -0.15) is 0 Å². The zero-order valence-corrected chi connectivity index (χ0v) is 8.59. The number of hydrogen-bond donors (Lipinski definition) is 1. The van der Waals surface area contributed by atoms with E-state index in [-0.39, 0.29) is 0 Å². The number of nitrogens with one attached hydrogen (secondary N) is 1. The van der Waals surface area contributed by atoms with E-state index in [9.17, 15) is 0 Å². The van der Waals surface area contributed by atoms with E-state index in [1.165, 1.54) is 22.7 Å². The fourth-order valence-corrected chi connectivity index (χ4v) is 1.97. The summed E-state index contributed by atoms with van der Waals surface area (Å²) in [6.45, 7) is 6.12. The Balaban J connectivity index is 0.000000308. The van der Waals surface area contributed by atoms with Gasteiger partial charge in [0.2, 0.25) is 0 Å². The molecule has 0 spiro atoms. The summed E-state index contributed by atoms with van der Waals surface area (Å²) in [5, 5.41) is 2.77. The zero-order valence-electron chi connectivity index (χ0n) is 8.59. The molecule has 2 aliphatic rings. The molecule has 0 saturated heterocycles. The molecule has 13 heavy (non-hydrogen) atoms. The predicted octanol–water partition coefficient (Wildman–Crippen LogP) is 1.56. The van der Waals surface area contributed by atoms with Crippen LogP contribution >= 0.6 is 0 Å². The van der Waals surface area contributed by atoms with Crippen LogP contribution in [0.3, 0.4) is 0 Å². The first-order chi connectivity index (χ1) is 6.33. The normalized spacial score (nSPS) is 27.0. The number of H-pyrrole nitrogens is 1. The van der Waals surface area contributed by atoms with Gasteiger partial charge < -0.3 is 4.98 Å². The van der Waals surface area contributed by atoms with Gasteiger partial charge in [-0.05, 0) is 36.5 Å². The van der Waals surface area contributed by atoms with E-state index in [1.54, 1.807) is 0 Å². The monoisotopic (exact) mass is 175 g/mol. The highest BCUT2D eigenvalue weighted by Crippen LogP contribution is 2.41. The molecule has 1 N–H and O–H groups in total. The molecular weight excluding hydrogens is 158 g/mol. The third kappa shape index (κ3) is 1.43. The number of rotatable bonds is 0. The summed E-state index contributed by atoms with van der Waals surface area (Å²) in [5.74, 6) is 1.73. The maximum Gasteiger partial charge on any atom is 0.0415 e. The first-order valence-corrected chi connectivity index (χ1v) is 5.22. The Morgan fingerprint density at radius 3 is 2.69 bits per heavy atom. The maximum absolute atomic E-state index is 3.37. The molecule has 1 aromatic rings. The van der Waals surface area contributed by atoms with Gasteiger partial charge in [0.25, 0.3) is 0 Å². The van der Waals surface area contributed by atoms with Crippen molar-refractivity contribution in [3.8, 4) is 0 Å². The van der Waals surface area contributed by atoms with Crippen molar-refractivity contribution < 1.29 is 0 Å². The van der Waals surface area contributed by atoms with Gasteiger partial charge in [-0.25, -0.2) is 0 Å². The van der Waals surface area contributed by atoms with Crippen LogP contribution in [0.2, 0.25) is 0 Å². The first kappa shape index (κ1) is 8.61. The second-order valence-electron chi connectivity index (χ2n) is 3.72. The fraction of sp³-hybridized carbons (Fsp3) is 0.500. The van der Waals surface area contributed by atoms with E-state index in [1.807, 2.05) is 13.8 Å². The maximum atomic E-state index is 3.37. The minimum atomic E-state index is 0.862. The SMILES string of the molecule is CC.Cc1cc2c([nH]1)=CC1CC1C=2. The molecular formula is C12H17N. The molecule has 0 radical (unpaired) electrons. The van der Waals surface area contributed by atoms with E-state index in [0.29, 0.717) is 0 Å². The minimum Gasteiger partial charge on any atom is -0.359 e. The van der Waals surface area contributed by atoms with Crippen LogP contribution in [0, 0.1) is 18.8 Å². The lowest BCUT2D eigenvalue weighted by molar-refractivity contribution is 1.05. The Bertz CT molecular complexity index is 373. The van der Waals surface area contributed by atoms with Crippen molar-refractivity contribution in [1.82, 2.24) is 4.98 Å². The third-order valence-electron chi connectivity index (χ3n) is 2.68. The Morgan fingerprint density at radius 1 is 1.23 bits per heavy atom. The molecule has 1 nitrogen and oxygen atoms in total. The molecule has 1 heteroatoms. The van der Waals surface area contributed by atoms with Crippen LogP contribution in [0.1, 0.15) is 26.0 Å². The van der Waals surface area contributed by atoms with Crippen molar-refractivity contribution in [2.45, 2.75) is 27.2 Å². The van der Waals surface area contributed by atoms with Gasteiger partial charge in [0.1, 0.15) is 0 Å². The summed E-state index contributed by atoms with van der Waals surface area (Å²) >= 11 is 0. The zero-order chi connectivity index (χ0) is 9.42. The van der Waals surface area contributed by atoms with Crippen molar-refractivity contribution in [2.24, 2.45) is 11.8 Å². The highest BCUT2D eigenvalue weighted by Gasteiger charge is 2.34. The smallest absolute Gasteiger partial charge is 0.0415 e. The molecule has 0 aromatic carbocycles. The summed E-state index contributed by atoms with van der Waals surface area (Å²) in [5.41, 5.74) is 1.28. The quantitative estimate of drug-likeness (QED) is 0.616. The first-order valence-electron chi connectivity index (χ1n) is 5.22. The number of aromatic amines is 1. The van der Waals surface area contributed by atoms with Gasteiger partial charge in [0, 0.05) is 11.0 Å². The van der Waals surface area contributed by atoms with Gasteiger partial charge in [0.15, 0.2) is 0 Å². The molecule has 1 heterocycles. The molecule has 2 atom stereocenters. The Morgan fingerprint density at radius 2 is 1.92 bits per heavy atom. The number of aryl methyl sites for hydroxylation is 1. The standard InChI is InChI=1S/C10H11N.C2H6/c1-6-2-9-4-7-3-8(7)5-10(9)11-6;1-2/h2,4-5,7-8,11H,3H2,1H3;1-2H3. The number of aromatic nitrogens is 1. The van der Waals surface area contributed by atoms with Crippen LogP contribution in [0.25, 0.3) is 12.2 Å². The summed E-state index contributed by atoms with van der Waals surface area (Å²) in [7, 11) is 0. The van der Waals surface area contributed by atoms with Crippen molar-refractivity contribution in [2.75, 3.05) is 0 Å². The van der Waals surface area contributed by atoms with Gasteiger partial charge in [-0.15, -0.1) is 0 Å². The number of hydrogen-bond acceptors (Lipinski definition) is 0. The van der Waals surface area contributed by atoms with E-state index in [4.69, 9.17) is 0 Å². The van der Waals surface area contributed by atoms with Crippen molar-refractivity contribution in [1.29, 1.82) is 0 Å². The van der Waals surface area contributed by atoms with Crippen molar-refractivity contribution in [3.05, 3.63) is 22.3 Å². The topological polar surface area (TPSA) is 15.8 Å². The molecule has 1 aromatic heterocycles. The Labute approximate surface area is 79.2 Å². The highest BCUT2D eigenvalue weighted by molar-refractivity contribution is 5.48. The second kappa shape index (κ2) is 3.06. The fourth-order valence-electron chi connectivity index (χ4n) is 1.97. The van der Waals surface area contributed by atoms with E-state index in [2.05, 4.69) is 30.1 Å². The van der Waals surface area contributed by atoms with Crippen molar-refractivity contribution in [3.63, 3.8) is 0 Å². The molecule has 0 aliphatic heterocycles. The van der Waals surface area contributed by atoms with Crippen LogP contribution in [0.4, 0.5) is 0 Å². The van der Waals surface area contributed by atoms with Gasteiger partial charge in [-0.1, -0.05) is 26.0 Å². The Kier molecular flexibility index (Phi) is 2.03. The van der Waals surface area contributed by atoms with Crippen LogP contribution in [0.15, 0.2) is 6.07 Å². The molecule has 0 amide bonds. The summed E-state index contributed by atoms with van der Waals surface area (Å²) in [6.07, 6.45) is 6.16. The summed E-state index contributed by atoms with van der Waals surface area (Å²) < 4.78 is 0. The minimum absolute atomic E-state index is 0.862. The summed E-state index contributed by atoms with van der Waals surface area (Å²) in [6, 6.07) is 2.24. The lowest BCUT2D eigenvalue weighted by Gasteiger charge is -1.90. The average molecular weight is 175 g/mol. The highest BCUT2D eigenvalue weighted by atomic mass is 14.7. The lowest BCUT2D eigenvalue weighted by atomic mass is 10.2. The molecule has 1 saturated carbocycles. The average Bonchev–Trinajstić information content (AvgIpc) is 2.77. The van der Waals surface area contributed by atoms with E-state index in [0.717, 1.165) is 11.8 Å². The third-order valence-corrected chi connectivity index (χ3v) is 2.68. The van der Waals surface area contributed by atoms with E-state index >= 15 is 0 Å². The Hall–Kier alpha value is -0.980. The largest absolute Gasteiger partial charge is 0.359 e. The van der Waals surface area contributed by atoms with E-state index < -0.39 is 0 Å². The van der Waals surface area contributed by atoms with Crippen molar-refractivity contribution >= 4 is 12.2 Å². The molecule has 1 fully saturated rings. The van der Waals surface area contributed by atoms with Crippen LogP contribution in [-0.2, 0) is 0 Å². The summed E-state index contributed by atoms with van der Waals surface area (Å²) in [4.78, 5) is 3.37. The predicted molar refractivity (Wildman–Crippen MR) is 56.7 cm³/mol. The molecule has 2 aliphatic carbocycles.